The Morgan fingerprint density at radius 1 is 1.25 bits per heavy atom. The molecule has 8 heteroatoms. The summed E-state index contributed by atoms with van der Waals surface area (Å²) in [4.78, 5) is 15.9. The van der Waals surface area contributed by atoms with Crippen molar-refractivity contribution in [2.75, 3.05) is 7.11 Å². The van der Waals surface area contributed by atoms with E-state index < -0.39 is 16.0 Å². The van der Waals surface area contributed by atoms with Crippen LogP contribution in [-0.2, 0) is 14.8 Å². The van der Waals surface area contributed by atoms with E-state index >= 15 is 0 Å². The molecule has 0 spiro atoms. The second-order valence-corrected chi connectivity index (χ2v) is 7.85. The van der Waals surface area contributed by atoms with Crippen LogP contribution in [0.1, 0.15) is 15.9 Å². The van der Waals surface area contributed by atoms with Crippen molar-refractivity contribution in [1.29, 1.82) is 0 Å². The van der Waals surface area contributed by atoms with Crippen LogP contribution < -0.4 is 0 Å². The van der Waals surface area contributed by atoms with E-state index in [-0.39, 0.29) is 16.1 Å². The number of halogens is 1. The van der Waals surface area contributed by atoms with Gasteiger partial charge in [0.1, 0.15) is 0 Å². The van der Waals surface area contributed by atoms with Crippen LogP contribution in [0.2, 0.25) is 0 Å². The van der Waals surface area contributed by atoms with Gasteiger partial charge in [0, 0.05) is 22.3 Å². The molecule has 2 aromatic heterocycles. The number of ether oxygens (including phenoxy) is 1. The topological polar surface area (TPSA) is 78.3 Å². The third-order valence-corrected chi connectivity index (χ3v) is 5.86. The lowest BCUT2D eigenvalue weighted by atomic mass is 10.2. The lowest BCUT2D eigenvalue weighted by molar-refractivity contribution is 0.0600. The molecule has 0 N–H and O–H groups in total. The maximum absolute atomic E-state index is 12.9. The summed E-state index contributed by atoms with van der Waals surface area (Å²) in [5.74, 6) is -0.537. The first-order valence-electron chi connectivity index (χ1n) is 6.92. The summed E-state index contributed by atoms with van der Waals surface area (Å²) in [7, 11) is -2.52. The number of rotatable bonds is 3. The second-order valence-electron chi connectivity index (χ2n) is 5.18. The minimum atomic E-state index is -3.79. The van der Waals surface area contributed by atoms with E-state index in [2.05, 4.69) is 25.7 Å². The van der Waals surface area contributed by atoms with Gasteiger partial charge in [0.15, 0.2) is 5.65 Å². The van der Waals surface area contributed by atoms with Gasteiger partial charge >= 0.3 is 5.97 Å². The first kappa shape index (κ1) is 16.7. The predicted molar refractivity (Wildman–Crippen MR) is 92.5 cm³/mol. The first-order valence-corrected chi connectivity index (χ1v) is 9.15. The number of pyridine rings is 1. The predicted octanol–water partition coefficient (Wildman–Crippen LogP) is 3.13. The summed E-state index contributed by atoms with van der Waals surface area (Å²) in [5.41, 5.74) is 1.44. The van der Waals surface area contributed by atoms with Crippen molar-refractivity contribution < 1.29 is 17.9 Å². The molecular formula is C16H13BrN2O4S. The summed E-state index contributed by atoms with van der Waals surface area (Å²) >= 11 is 3.32. The highest BCUT2D eigenvalue weighted by atomic mass is 79.9. The Hall–Kier alpha value is -2.19. The average molecular weight is 409 g/mol. The molecule has 0 aliphatic rings. The zero-order chi connectivity index (χ0) is 17.5. The summed E-state index contributed by atoms with van der Waals surface area (Å²) in [6.07, 6.45) is 2.72. The molecule has 6 nitrogen and oxygen atoms in total. The molecule has 124 valence electrons. The van der Waals surface area contributed by atoms with Gasteiger partial charge in [0.05, 0.1) is 17.6 Å². The molecule has 0 saturated heterocycles. The summed E-state index contributed by atoms with van der Waals surface area (Å²) < 4.78 is 32.0. The van der Waals surface area contributed by atoms with E-state index in [0.29, 0.717) is 9.86 Å². The van der Waals surface area contributed by atoms with Crippen LogP contribution in [0.4, 0.5) is 0 Å². The molecular weight excluding hydrogens is 396 g/mol. The maximum atomic E-state index is 12.9. The fraction of sp³-hybridized carbons (Fsp3) is 0.125. The van der Waals surface area contributed by atoms with E-state index in [9.17, 15) is 13.2 Å². The molecule has 3 rings (SSSR count). The summed E-state index contributed by atoms with van der Waals surface area (Å²) in [5, 5.41) is 0.508. The quantitative estimate of drug-likeness (QED) is 0.622. The van der Waals surface area contributed by atoms with Crippen LogP contribution in [0.5, 0.6) is 0 Å². The van der Waals surface area contributed by atoms with Gasteiger partial charge in [0.25, 0.3) is 10.0 Å². The van der Waals surface area contributed by atoms with Crippen molar-refractivity contribution in [3.8, 4) is 0 Å². The lowest BCUT2D eigenvalue weighted by Crippen LogP contribution is -2.12. The van der Waals surface area contributed by atoms with E-state index in [4.69, 9.17) is 0 Å². The SMILES string of the molecule is COC(=O)c1cnc2c(c1)c(Br)cn2S(=O)(=O)c1ccc(C)cc1. The summed E-state index contributed by atoms with van der Waals surface area (Å²) in [6, 6.07) is 8.10. The van der Waals surface area contributed by atoms with Gasteiger partial charge < -0.3 is 4.74 Å². The maximum Gasteiger partial charge on any atom is 0.339 e. The Bertz CT molecular complexity index is 1040. The largest absolute Gasteiger partial charge is 0.465 e. The number of carbonyl (C=O) groups is 1. The molecule has 0 saturated carbocycles. The van der Waals surface area contributed by atoms with Crippen LogP contribution in [0.15, 0.2) is 52.1 Å². The fourth-order valence-electron chi connectivity index (χ4n) is 2.28. The Kier molecular flexibility index (Phi) is 4.18. The molecule has 0 unspecified atom stereocenters. The number of carbonyl (C=O) groups excluding carboxylic acids is 1. The van der Waals surface area contributed by atoms with Crippen LogP contribution in [0.3, 0.4) is 0 Å². The number of benzene rings is 1. The van der Waals surface area contributed by atoms with E-state index in [1.165, 1.54) is 19.5 Å². The molecule has 2 heterocycles. The third kappa shape index (κ3) is 2.71. The highest BCUT2D eigenvalue weighted by Gasteiger charge is 2.22. The fourth-order valence-corrected chi connectivity index (χ4v) is 4.24. The van der Waals surface area contributed by atoms with E-state index in [1.54, 1.807) is 30.3 Å². The molecule has 0 aliphatic heterocycles. The Labute approximate surface area is 147 Å². The van der Waals surface area contributed by atoms with Crippen molar-refractivity contribution in [3.63, 3.8) is 0 Å². The number of methoxy groups -OCH3 is 1. The van der Waals surface area contributed by atoms with Gasteiger partial charge in [-0.1, -0.05) is 17.7 Å². The van der Waals surface area contributed by atoms with Gasteiger partial charge in [-0.3, -0.25) is 0 Å². The molecule has 0 radical (unpaired) electrons. The number of fused-ring (bicyclic) bond motifs is 1. The normalized spacial score (nSPS) is 11.6. The molecule has 0 amide bonds. The Morgan fingerprint density at radius 2 is 1.92 bits per heavy atom. The minimum absolute atomic E-state index is 0.163. The number of aromatic nitrogens is 2. The van der Waals surface area contributed by atoms with Crippen LogP contribution in [0.25, 0.3) is 11.0 Å². The van der Waals surface area contributed by atoms with Gasteiger partial charge in [-0.05, 0) is 41.1 Å². The smallest absolute Gasteiger partial charge is 0.339 e. The van der Waals surface area contributed by atoms with Gasteiger partial charge in [-0.25, -0.2) is 22.2 Å². The number of aryl methyl sites for hydroxylation is 1. The number of esters is 1. The van der Waals surface area contributed by atoms with Crippen molar-refractivity contribution in [2.45, 2.75) is 11.8 Å². The molecule has 0 fully saturated rings. The van der Waals surface area contributed by atoms with Crippen molar-refractivity contribution in [3.05, 3.63) is 58.3 Å². The Morgan fingerprint density at radius 3 is 2.54 bits per heavy atom. The first-order chi connectivity index (χ1) is 11.3. The molecule has 3 aromatic rings. The zero-order valence-corrected chi connectivity index (χ0v) is 15.3. The van der Waals surface area contributed by atoms with Crippen molar-refractivity contribution in [2.24, 2.45) is 0 Å². The highest BCUT2D eigenvalue weighted by Crippen LogP contribution is 2.29. The Balaban J connectivity index is 2.20. The number of nitrogens with zero attached hydrogens (tertiary/aromatic N) is 2. The third-order valence-electron chi connectivity index (χ3n) is 3.56. The molecule has 24 heavy (non-hydrogen) atoms. The lowest BCUT2D eigenvalue weighted by Gasteiger charge is -2.07. The monoisotopic (exact) mass is 408 g/mol. The van der Waals surface area contributed by atoms with Gasteiger partial charge in [-0.15, -0.1) is 0 Å². The van der Waals surface area contributed by atoms with Crippen molar-refractivity contribution in [1.82, 2.24) is 8.96 Å². The summed E-state index contributed by atoms with van der Waals surface area (Å²) in [6.45, 7) is 1.88. The van der Waals surface area contributed by atoms with Gasteiger partial charge in [-0.2, -0.15) is 0 Å². The number of hydrogen-bond acceptors (Lipinski definition) is 5. The molecule has 1 aromatic carbocycles. The van der Waals surface area contributed by atoms with Crippen molar-refractivity contribution >= 4 is 43.0 Å². The van der Waals surface area contributed by atoms with Crippen LogP contribution in [0, 0.1) is 6.92 Å². The second kappa shape index (κ2) is 6.03. The molecule has 0 atom stereocenters. The standard InChI is InChI=1S/C16H13BrN2O4S/c1-10-3-5-12(6-4-10)24(21,22)19-9-14(17)13-7-11(16(20)23-2)8-18-15(13)19/h3-9H,1-2H3. The van der Waals surface area contributed by atoms with E-state index in [1.807, 2.05) is 6.92 Å². The molecule has 0 aliphatic carbocycles. The molecule has 0 bridgehead atoms. The average Bonchev–Trinajstić information content (AvgIpc) is 2.91. The zero-order valence-electron chi connectivity index (χ0n) is 12.9. The highest BCUT2D eigenvalue weighted by molar-refractivity contribution is 9.10. The number of hydrogen-bond donors (Lipinski definition) is 0. The van der Waals surface area contributed by atoms with Gasteiger partial charge in [0.2, 0.25) is 0 Å². The van der Waals surface area contributed by atoms with Crippen LogP contribution >= 0.6 is 15.9 Å². The van der Waals surface area contributed by atoms with E-state index in [0.717, 1.165) is 9.54 Å². The van der Waals surface area contributed by atoms with Crippen LogP contribution in [-0.4, -0.2) is 30.5 Å². The minimum Gasteiger partial charge on any atom is -0.465 e.